The number of hydrogen-bond acceptors (Lipinski definition) is 2. The molecular formula is C10H6CsF3N2OS. The van der Waals surface area contributed by atoms with E-state index in [1.807, 2.05) is 0 Å². The largest absolute Gasteiger partial charge is 1.00 e. The van der Waals surface area contributed by atoms with Crippen molar-refractivity contribution in [3.63, 3.8) is 0 Å². The van der Waals surface area contributed by atoms with E-state index in [0.717, 1.165) is 6.07 Å². The van der Waals surface area contributed by atoms with E-state index in [4.69, 9.17) is 5.73 Å². The molecule has 0 atom stereocenters. The van der Waals surface area contributed by atoms with Gasteiger partial charge in [-0.3, -0.25) is 0 Å². The number of nitrogens with one attached hydrogen (secondary N) is 2. The molecule has 0 amide bonds. The first-order valence-electron chi connectivity index (χ1n) is 4.50. The maximum Gasteiger partial charge on any atom is 1.00 e. The Morgan fingerprint density at radius 3 is 2.56 bits per heavy atom. The van der Waals surface area contributed by atoms with Crippen LogP contribution in [-0.2, 0) is 6.18 Å². The van der Waals surface area contributed by atoms with Crippen LogP contribution in [0.3, 0.4) is 0 Å². The predicted molar refractivity (Wildman–Crippen MR) is 61.8 cm³/mol. The second kappa shape index (κ2) is 6.16. The van der Waals surface area contributed by atoms with Crippen molar-refractivity contribution in [2.75, 3.05) is 5.32 Å². The molecule has 2 rings (SSSR count). The molecule has 0 fully saturated rings. The SMILES string of the molecule is [Cs+].[NH-]C(=S)Nc1cccc2oc(C(F)(F)F)cc12. The molecule has 90 valence electrons. The van der Waals surface area contributed by atoms with Gasteiger partial charge in [-0.05, 0) is 17.8 Å². The Morgan fingerprint density at radius 2 is 2.00 bits per heavy atom. The summed E-state index contributed by atoms with van der Waals surface area (Å²) in [6, 6.07) is 5.35. The van der Waals surface area contributed by atoms with Crippen LogP contribution in [0, 0.1) is 0 Å². The number of rotatable bonds is 1. The van der Waals surface area contributed by atoms with Gasteiger partial charge in [-0.2, -0.15) is 13.2 Å². The molecule has 0 unspecified atom stereocenters. The maximum atomic E-state index is 12.4. The molecule has 0 aliphatic rings. The monoisotopic (exact) mass is 392 g/mol. The van der Waals surface area contributed by atoms with E-state index < -0.39 is 11.9 Å². The van der Waals surface area contributed by atoms with E-state index in [1.165, 1.54) is 18.2 Å². The third-order valence-corrected chi connectivity index (χ3v) is 2.19. The Bertz CT molecular complexity index is 582. The van der Waals surface area contributed by atoms with E-state index in [1.54, 1.807) is 0 Å². The molecule has 0 saturated heterocycles. The summed E-state index contributed by atoms with van der Waals surface area (Å²) >= 11 is 4.52. The summed E-state index contributed by atoms with van der Waals surface area (Å²) in [5.74, 6) is -1.07. The smallest absolute Gasteiger partial charge is 0.473 e. The molecule has 2 N–H and O–H groups in total. The molecule has 1 heterocycles. The number of alkyl halides is 3. The Balaban J connectivity index is 0.00000162. The molecule has 0 spiro atoms. The molecular weight excluding hydrogens is 386 g/mol. The summed E-state index contributed by atoms with van der Waals surface area (Å²) in [4.78, 5) is 0. The molecule has 8 heteroatoms. The molecule has 0 aliphatic carbocycles. The van der Waals surface area contributed by atoms with Gasteiger partial charge in [-0.1, -0.05) is 24.4 Å². The van der Waals surface area contributed by atoms with Gasteiger partial charge < -0.3 is 15.5 Å². The van der Waals surface area contributed by atoms with Gasteiger partial charge in [0.15, 0.2) is 0 Å². The average molecular weight is 392 g/mol. The number of thiocarbonyl (C=S) groups is 1. The summed E-state index contributed by atoms with van der Waals surface area (Å²) in [6.07, 6.45) is -4.53. The van der Waals surface area contributed by atoms with Crippen molar-refractivity contribution in [1.82, 2.24) is 0 Å². The first kappa shape index (κ1) is 16.3. The van der Waals surface area contributed by atoms with Crippen LogP contribution in [0.2, 0.25) is 0 Å². The quantitative estimate of drug-likeness (QED) is 0.743. The molecule has 0 bridgehead atoms. The molecule has 0 radical (unpaired) electrons. The van der Waals surface area contributed by atoms with E-state index in [9.17, 15) is 13.2 Å². The number of anilines is 1. The van der Waals surface area contributed by atoms with E-state index in [2.05, 4.69) is 22.0 Å². The zero-order valence-electron chi connectivity index (χ0n) is 9.26. The van der Waals surface area contributed by atoms with Gasteiger partial charge in [0.05, 0.1) is 0 Å². The summed E-state index contributed by atoms with van der Waals surface area (Å²) in [7, 11) is 0. The molecule has 0 saturated carbocycles. The van der Waals surface area contributed by atoms with Gasteiger partial charge in [0, 0.05) is 10.5 Å². The minimum atomic E-state index is -4.53. The van der Waals surface area contributed by atoms with Crippen LogP contribution in [0.15, 0.2) is 28.7 Å². The second-order valence-electron chi connectivity index (χ2n) is 3.28. The average Bonchev–Trinajstić information content (AvgIpc) is 2.60. The number of furan rings is 1. The van der Waals surface area contributed by atoms with Crippen molar-refractivity contribution < 1.29 is 86.5 Å². The molecule has 2 aromatic rings. The van der Waals surface area contributed by atoms with Crippen LogP contribution in [0.4, 0.5) is 18.9 Å². The molecule has 18 heavy (non-hydrogen) atoms. The standard InChI is InChI=1S/C10H7F3N2OS.Cs/c11-10(12,13)8-4-5-6(15-9(14)17)2-1-3-7(5)16-8;/h1-4H,(H3,14,15,17);/q;+1/p-1. The van der Waals surface area contributed by atoms with Crippen molar-refractivity contribution in [2.45, 2.75) is 6.18 Å². The van der Waals surface area contributed by atoms with Crippen LogP contribution < -0.4 is 74.2 Å². The normalized spacial score (nSPS) is 11.1. The van der Waals surface area contributed by atoms with Gasteiger partial charge in [0.1, 0.15) is 5.58 Å². The van der Waals surface area contributed by atoms with Crippen LogP contribution in [0.25, 0.3) is 16.7 Å². The minimum absolute atomic E-state index is 0. The first-order valence-corrected chi connectivity index (χ1v) is 4.91. The number of benzene rings is 1. The summed E-state index contributed by atoms with van der Waals surface area (Å²) in [5, 5.41) is 2.46. The van der Waals surface area contributed by atoms with Crippen molar-refractivity contribution in [2.24, 2.45) is 0 Å². The van der Waals surface area contributed by atoms with Gasteiger partial charge in [0.2, 0.25) is 5.76 Å². The molecule has 0 aliphatic heterocycles. The van der Waals surface area contributed by atoms with Gasteiger partial charge in [0.25, 0.3) is 0 Å². The third kappa shape index (κ3) is 3.65. The van der Waals surface area contributed by atoms with Gasteiger partial charge in [-0.15, -0.1) is 0 Å². The van der Waals surface area contributed by atoms with Crippen molar-refractivity contribution >= 4 is 34.0 Å². The Kier molecular flexibility index (Phi) is 5.60. The fourth-order valence-corrected chi connectivity index (χ4v) is 1.54. The van der Waals surface area contributed by atoms with Crippen molar-refractivity contribution in [3.8, 4) is 0 Å². The van der Waals surface area contributed by atoms with Crippen LogP contribution in [0.5, 0.6) is 0 Å². The fourth-order valence-electron chi connectivity index (χ4n) is 1.43. The van der Waals surface area contributed by atoms with Crippen molar-refractivity contribution in [1.29, 1.82) is 0 Å². The number of halogens is 3. The zero-order chi connectivity index (χ0) is 12.6. The Morgan fingerprint density at radius 1 is 1.33 bits per heavy atom. The van der Waals surface area contributed by atoms with Crippen LogP contribution in [0.1, 0.15) is 5.76 Å². The summed E-state index contributed by atoms with van der Waals surface area (Å²) in [6.45, 7) is 0. The minimum Gasteiger partial charge on any atom is -0.473 e. The molecule has 3 nitrogen and oxygen atoms in total. The Labute approximate surface area is 165 Å². The second-order valence-corrected chi connectivity index (χ2v) is 3.69. The van der Waals surface area contributed by atoms with E-state index in [0.29, 0.717) is 5.69 Å². The molecule has 1 aromatic carbocycles. The molecule has 1 aromatic heterocycles. The fraction of sp³-hybridized carbons (Fsp3) is 0.100. The number of hydrogen-bond donors (Lipinski definition) is 1. The summed E-state index contributed by atoms with van der Waals surface area (Å²) in [5.41, 5.74) is 7.50. The summed E-state index contributed by atoms with van der Waals surface area (Å²) < 4.78 is 42.0. The van der Waals surface area contributed by atoms with Crippen molar-refractivity contribution in [3.05, 3.63) is 35.8 Å². The predicted octanol–water partition coefficient (Wildman–Crippen LogP) is 1.20. The first-order chi connectivity index (χ1) is 7.88. The zero-order valence-corrected chi connectivity index (χ0v) is 16.4. The topological polar surface area (TPSA) is 49.0 Å². The van der Waals surface area contributed by atoms with Gasteiger partial charge in [-0.25, -0.2) is 0 Å². The van der Waals surface area contributed by atoms with E-state index in [-0.39, 0.29) is 85.0 Å². The van der Waals surface area contributed by atoms with Crippen LogP contribution in [-0.4, -0.2) is 5.11 Å². The Hall–Kier alpha value is 0.292. The maximum absolute atomic E-state index is 12.4. The van der Waals surface area contributed by atoms with Crippen LogP contribution >= 0.6 is 12.2 Å². The third-order valence-electron chi connectivity index (χ3n) is 2.09. The van der Waals surface area contributed by atoms with E-state index >= 15 is 0 Å². The number of fused-ring (bicyclic) bond motifs is 1. The van der Waals surface area contributed by atoms with Gasteiger partial charge >= 0.3 is 75.1 Å².